The highest BCUT2D eigenvalue weighted by Gasteiger charge is 2.34. The van der Waals surface area contributed by atoms with Crippen LogP contribution in [0.3, 0.4) is 0 Å². The topological polar surface area (TPSA) is 70.5 Å². The molecule has 0 saturated heterocycles. The lowest BCUT2D eigenvalue weighted by Gasteiger charge is -2.28. The van der Waals surface area contributed by atoms with Gasteiger partial charge in [0.2, 0.25) is 0 Å². The van der Waals surface area contributed by atoms with Gasteiger partial charge in [0.05, 0.1) is 24.6 Å². The van der Waals surface area contributed by atoms with Gasteiger partial charge in [-0.1, -0.05) is 65.5 Å². The Morgan fingerprint density at radius 1 is 0.615 bits per heavy atom. The number of aromatic hydroxyl groups is 2. The number of hydrogen-bond donors (Lipinski definition) is 2. The summed E-state index contributed by atoms with van der Waals surface area (Å²) in [6, 6.07) is 6.15. The Bertz CT molecular complexity index is 365. The summed E-state index contributed by atoms with van der Waals surface area (Å²) in [6.07, 6.45) is 17.9. The number of para-hydroxylation sites is 2. The van der Waals surface area contributed by atoms with Crippen molar-refractivity contribution >= 4 is 7.26 Å². The van der Waals surface area contributed by atoms with E-state index in [0.717, 1.165) is 0 Å². The summed E-state index contributed by atoms with van der Waals surface area (Å²) in [5.74, 6) is -0.153. The average molecular weight is 387 g/mol. The number of rotatable bonds is 12. The Hall–Kier alpha value is -0.790. The second kappa shape index (κ2) is 17.6. The van der Waals surface area contributed by atoms with Crippen LogP contribution in [0.4, 0.5) is 0 Å². The van der Waals surface area contributed by atoms with Crippen LogP contribution in [0, 0.1) is 0 Å². The maximum atomic E-state index is 8.67. The van der Waals surface area contributed by atoms with E-state index in [2.05, 4.69) is 27.7 Å². The molecule has 0 atom stereocenters. The summed E-state index contributed by atoms with van der Waals surface area (Å²) >= 11 is 0. The zero-order valence-electron chi connectivity index (χ0n) is 17.6. The summed E-state index contributed by atoms with van der Waals surface area (Å²) in [5.41, 5.74) is 0. The van der Waals surface area contributed by atoms with Crippen LogP contribution in [0.5, 0.6) is 11.5 Å². The quantitative estimate of drug-likeness (QED) is 0.296. The molecule has 0 fully saturated rings. The lowest BCUT2D eigenvalue weighted by atomic mass is 10.3. The summed E-state index contributed by atoms with van der Waals surface area (Å²) in [4.78, 5) is 0. The molecule has 3 N–H and O–H groups in total. The van der Waals surface area contributed by atoms with Crippen LogP contribution in [0.15, 0.2) is 24.3 Å². The fourth-order valence-electron chi connectivity index (χ4n) is 3.11. The van der Waals surface area contributed by atoms with Crippen molar-refractivity contribution in [1.29, 1.82) is 0 Å². The molecule has 3 nitrogen and oxygen atoms in total. The molecule has 0 amide bonds. The number of benzene rings is 1. The van der Waals surface area contributed by atoms with Gasteiger partial charge in [-0.3, -0.25) is 0 Å². The first-order valence-electron chi connectivity index (χ1n) is 10.4. The molecule has 0 saturated carbocycles. The molecule has 154 valence electrons. The van der Waals surface area contributed by atoms with Crippen molar-refractivity contribution in [3.05, 3.63) is 24.3 Å². The number of unbranched alkanes of at least 4 members (excludes halogenated alkanes) is 4. The largest absolute Gasteiger partial charge is 0.870 e. The van der Waals surface area contributed by atoms with Gasteiger partial charge in [0.25, 0.3) is 0 Å². The third-order valence-corrected chi connectivity index (χ3v) is 9.89. The monoisotopic (exact) mass is 386 g/mol. The summed E-state index contributed by atoms with van der Waals surface area (Å²) in [5, 5.41) is 17.3. The molecule has 0 aliphatic heterocycles. The van der Waals surface area contributed by atoms with Gasteiger partial charge in [0.1, 0.15) is 0 Å². The molecule has 0 bridgehead atoms. The molecule has 0 radical (unpaired) electrons. The molecular formula is C22H43O3P. The van der Waals surface area contributed by atoms with Crippen LogP contribution in [0.25, 0.3) is 0 Å². The minimum atomic E-state index is -0.562. The van der Waals surface area contributed by atoms with E-state index in [-0.39, 0.29) is 17.0 Å². The van der Waals surface area contributed by atoms with Gasteiger partial charge in [-0.05, 0) is 37.8 Å². The lowest BCUT2D eigenvalue weighted by molar-refractivity contribution is 0.404. The van der Waals surface area contributed by atoms with Gasteiger partial charge in [-0.25, -0.2) is 0 Å². The fourth-order valence-corrected chi connectivity index (χ4v) is 8.40. The first kappa shape index (κ1) is 27.4. The third-order valence-electron chi connectivity index (χ3n) is 4.83. The number of phenolic OH excluding ortho intramolecular Hbond substituents is 2. The van der Waals surface area contributed by atoms with E-state index in [1.165, 1.54) is 63.5 Å². The standard InChI is InChI=1S/C16H36P.C6H6O2.H2O/c1-5-9-13-17(14-10-6-2,15-11-7-3)16-12-8-4;7-5-3-1-2-4-6(5)8;/h5-16H2,1-4H3;1-4,7-8H;1H2/q+1;;/p-1. The zero-order chi connectivity index (χ0) is 19.0. The van der Waals surface area contributed by atoms with Gasteiger partial charge in [-0.15, -0.1) is 0 Å². The predicted molar refractivity (Wildman–Crippen MR) is 118 cm³/mol. The van der Waals surface area contributed by atoms with E-state index < -0.39 is 7.26 Å². The molecule has 1 aromatic rings. The average Bonchev–Trinajstić information content (AvgIpc) is 2.63. The van der Waals surface area contributed by atoms with E-state index in [4.69, 9.17) is 10.2 Å². The normalized spacial score (nSPS) is 10.6. The third kappa shape index (κ3) is 12.5. The van der Waals surface area contributed by atoms with Crippen LogP contribution in [0.1, 0.15) is 79.1 Å². The zero-order valence-corrected chi connectivity index (χ0v) is 18.5. The van der Waals surface area contributed by atoms with Crippen molar-refractivity contribution in [1.82, 2.24) is 0 Å². The Kier molecular flexibility index (Phi) is 18.6. The van der Waals surface area contributed by atoms with Gasteiger partial charge >= 0.3 is 0 Å². The highest BCUT2D eigenvalue weighted by atomic mass is 31.2. The number of phenols is 2. The smallest absolute Gasteiger partial charge is 0.157 e. The Morgan fingerprint density at radius 2 is 0.885 bits per heavy atom. The first-order valence-corrected chi connectivity index (χ1v) is 12.9. The molecule has 0 heterocycles. The minimum Gasteiger partial charge on any atom is -0.870 e. The van der Waals surface area contributed by atoms with E-state index in [1.54, 1.807) is 36.8 Å². The maximum absolute atomic E-state index is 8.67. The summed E-state index contributed by atoms with van der Waals surface area (Å²) in [7, 11) is -0.562. The molecule has 0 aromatic heterocycles. The van der Waals surface area contributed by atoms with E-state index in [9.17, 15) is 0 Å². The molecule has 0 unspecified atom stereocenters. The molecule has 26 heavy (non-hydrogen) atoms. The second-order valence-corrected chi connectivity index (χ2v) is 11.6. The first-order chi connectivity index (χ1) is 12.0. The molecule has 1 aromatic carbocycles. The molecular weight excluding hydrogens is 343 g/mol. The molecule has 4 heteroatoms. The SMILES string of the molecule is CCCC[P+](CCCC)(CCCC)CCCC.Oc1ccccc1O.[OH-]. The lowest BCUT2D eigenvalue weighted by Crippen LogP contribution is -2.12. The molecule has 0 spiro atoms. The second-order valence-electron chi connectivity index (χ2n) is 7.14. The van der Waals surface area contributed by atoms with Crippen LogP contribution in [-0.2, 0) is 0 Å². The summed E-state index contributed by atoms with van der Waals surface area (Å²) in [6.45, 7) is 9.42. The minimum absolute atomic E-state index is 0. The van der Waals surface area contributed by atoms with Crippen molar-refractivity contribution in [2.24, 2.45) is 0 Å². The van der Waals surface area contributed by atoms with Gasteiger partial charge in [0.15, 0.2) is 11.5 Å². The summed E-state index contributed by atoms with van der Waals surface area (Å²) < 4.78 is 0. The van der Waals surface area contributed by atoms with Gasteiger partial charge in [0, 0.05) is 7.26 Å². The van der Waals surface area contributed by atoms with Gasteiger partial charge in [-0.2, -0.15) is 0 Å². The Labute approximate surface area is 162 Å². The van der Waals surface area contributed by atoms with Crippen molar-refractivity contribution in [2.75, 3.05) is 24.6 Å². The highest BCUT2D eigenvalue weighted by molar-refractivity contribution is 7.75. The highest BCUT2D eigenvalue weighted by Crippen LogP contribution is 2.61. The Morgan fingerprint density at radius 3 is 1.08 bits per heavy atom. The van der Waals surface area contributed by atoms with Crippen LogP contribution in [0.2, 0.25) is 0 Å². The van der Waals surface area contributed by atoms with Crippen molar-refractivity contribution in [3.63, 3.8) is 0 Å². The predicted octanol–water partition coefficient (Wildman–Crippen LogP) is 7.13. The van der Waals surface area contributed by atoms with Crippen LogP contribution in [-0.4, -0.2) is 40.3 Å². The molecule has 0 aliphatic rings. The van der Waals surface area contributed by atoms with Gasteiger partial charge < -0.3 is 15.7 Å². The number of hydrogen-bond acceptors (Lipinski definition) is 3. The Balaban J connectivity index is 0. The van der Waals surface area contributed by atoms with Crippen LogP contribution >= 0.6 is 7.26 Å². The van der Waals surface area contributed by atoms with E-state index in [0.29, 0.717) is 0 Å². The van der Waals surface area contributed by atoms with Crippen molar-refractivity contribution in [3.8, 4) is 11.5 Å². The maximum Gasteiger partial charge on any atom is 0.157 e. The van der Waals surface area contributed by atoms with Crippen LogP contribution < -0.4 is 0 Å². The van der Waals surface area contributed by atoms with E-state index >= 15 is 0 Å². The molecule has 1 rings (SSSR count). The van der Waals surface area contributed by atoms with Crippen molar-refractivity contribution in [2.45, 2.75) is 79.1 Å². The van der Waals surface area contributed by atoms with Crippen molar-refractivity contribution < 1.29 is 15.7 Å². The van der Waals surface area contributed by atoms with E-state index in [1.807, 2.05) is 0 Å². The molecule has 0 aliphatic carbocycles. The fraction of sp³-hybridized carbons (Fsp3) is 0.727.